The van der Waals surface area contributed by atoms with Gasteiger partial charge in [0.25, 0.3) is 0 Å². The highest BCUT2D eigenvalue weighted by molar-refractivity contribution is 5.81. The predicted octanol–water partition coefficient (Wildman–Crippen LogP) is 3.93. The van der Waals surface area contributed by atoms with Crippen molar-refractivity contribution in [1.29, 1.82) is 0 Å². The van der Waals surface area contributed by atoms with Crippen LogP contribution in [0.2, 0.25) is 0 Å². The molecule has 4 heteroatoms. The first-order chi connectivity index (χ1) is 13.1. The average molecular weight is 367 g/mol. The second-order valence-electron chi connectivity index (χ2n) is 7.51. The molecule has 0 unspecified atom stereocenters. The highest BCUT2D eigenvalue weighted by atomic mass is 16.5. The Kier molecular flexibility index (Phi) is 6.17. The normalized spacial score (nSPS) is 22.4. The van der Waals surface area contributed by atoms with Crippen molar-refractivity contribution in [3.63, 3.8) is 0 Å². The van der Waals surface area contributed by atoms with Gasteiger partial charge in [-0.15, -0.1) is 0 Å². The lowest BCUT2D eigenvalue weighted by Crippen LogP contribution is -2.45. The zero-order valence-corrected chi connectivity index (χ0v) is 16.3. The van der Waals surface area contributed by atoms with Crippen molar-refractivity contribution in [2.75, 3.05) is 13.7 Å². The number of rotatable bonds is 7. The molecule has 0 atom stereocenters. The molecule has 0 aliphatic heterocycles. The summed E-state index contributed by atoms with van der Waals surface area (Å²) in [6.45, 7) is 2.58. The van der Waals surface area contributed by atoms with Gasteiger partial charge >= 0.3 is 0 Å². The molecule has 0 heterocycles. The van der Waals surface area contributed by atoms with Gasteiger partial charge in [0.2, 0.25) is 5.91 Å². The standard InChI is InChI=1S/C23H30N2O2/c1-3-27-21-10-9-18(17-7-5-4-6-8-17)15-19(21)16-23(22(24)26)13-11-20(25-2)12-14-23/h4-10,15,20,25H,3,11-14,16H2,1-2H3,(H2,24,26). The van der Waals surface area contributed by atoms with E-state index in [1.807, 2.05) is 38.2 Å². The molecule has 0 radical (unpaired) electrons. The van der Waals surface area contributed by atoms with Crippen LogP contribution in [0.3, 0.4) is 0 Å². The zero-order chi connectivity index (χ0) is 19.3. The quantitative estimate of drug-likeness (QED) is 0.780. The van der Waals surface area contributed by atoms with Crippen molar-refractivity contribution in [3.8, 4) is 16.9 Å². The fraction of sp³-hybridized carbons (Fsp3) is 0.435. The predicted molar refractivity (Wildman–Crippen MR) is 110 cm³/mol. The van der Waals surface area contributed by atoms with Crippen LogP contribution in [-0.2, 0) is 11.2 Å². The van der Waals surface area contributed by atoms with Gasteiger partial charge in [0, 0.05) is 6.04 Å². The number of ether oxygens (including phenoxy) is 1. The SMILES string of the molecule is CCOc1ccc(-c2ccccc2)cc1CC1(C(N)=O)CCC(NC)CC1. The Hall–Kier alpha value is -2.33. The Morgan fingerprint density at radius 2 is 1.85 bits per heavy atom. The van der Waals surface area contributed by atoms with E-state index in [0.717, 1.165) is 48.1 Å². The summed E-state index contributed by atoms with van der Waals surface area (Å²) >= 11 is 0. The number of hydrogen-bond donors (Lipinski definition) is 2. The molecule has 0 saturated heterocycles. The van der Waals surface area contributed by atoms with Crippen LogP contribution < -0.4 is 15.8 Å². The lowest BCUT2D eigenvalue weighted by atomic mass is 9.68. The van der Waals surface area contributed by atoms with Crippen molar-refractivity contribution in [2.24, 2.45) is 11.1 Å². The van der Waals surface area contributed by atoms with Crippen molar-refractivity contribution in [1.82, 2.24) is 5.32 Å². The lowest BCUT2D eigenvalue weighted by Gasteiger charge is -2.38. The van der Waals surface area contributed by atoms with Gasteiger partial charge in [-0.05, 0) is 74.9 Å². The molecule has 0 spiro atoms. The highest BCUT2D eigenvalue weighted by Gasteiger charge is 2.40. The van der Waals surface area contributed by atoms with E-state index in [9.17, 15) is 4.79 Å². The van der Waals surface area contributed by atoms with E-state index >= 15 is 0 Å². The van der Waals surface area contributed by atoms with Gasteiger partial charge in [0.15, 0.2) is 0 Å². The molecule has 1 aliphatic rings. The van der Waals surface area contributed by atoms with Crippen LogP contribution in [0.4, 0.5) is 0 Å². The third-order valence-electron chi connectivity index (χ3n) is 5.87. The van der Waals surface area contributed by atoms with Gasteiger partial charge in [0.05, 0.1) is 12.0 Å². The summed E-state index contributed by atoms with van der Waals surface area (Å²) in [6.07, 6.45) is 4.21. The first-order valence-electron chi connectivity index (χ1n) is 9.86. The van der Waals surface area contributed by atoms with Crippen LogP contribution in [0.25, 0.3) is 11.1 Å². The summed E-state index contributed by atoms with van der Waals surface area (Å²) in [7, 11) is 1.98. The Morgan fingerprint density at radius 3 is 2.44 bits per heavy atom. The number of hydrogen-bond acceptors (Lipinski definition) is 3. The monoisotopic (exact) mass is 366 g/mol. The molecule has 2 aromatic carbocycles. The van der Waals surface area contributed by atoms with Crippen LogP contribution in [-0.4, -0.2) is 25.6 Å². The van der Waals surface area contributed by atoms with Crippen molar-refractivity contribution < 1.29 is 9.53 Å². The summed E-state index contributed by atoms with van der Waals surface area (Å²) in [4.78, 5) is 12.5. The molecule has 0 aromatic heterocycles. The zero-order valence-electron chi connectivity index (χ0n) is 16.3. The van der Waals surface area contributed by atoms with Gasteiger partial charge in [-0.25, -0.2) is 0 Å². The van der Waals surface area contributed by atoms with Crippen LogP contribution in [0.5, 0.6) is 5.75 Å². The molecule has 144 valence electrons. The molecule has 1 amide bonds. The fourth-order valence-corrected chi connectivity index (χ4v) is 4.16. The van der Waals surface area contributed by atoms with E-state index < -0.39 is 5.41 Å². The van der Waals surface area contributed by atoms with Gasteiger partial charge in [-0.3, -0.25) is 4.79 Å². The van der Waals surface area contributed by atoms with Gasteiger partial charge in [-0.2, -0.15) is 0 Å². The molecular weight excluding hydrogens is 336 g/mol. The van der Waals surface area contributed by atoms with E-state index in [2.05, 4.69) is 29.6 Å². The van der Waals surface area contributed by atoms with Gasteiger partial charge < -0.3 is 15.8 Å². The summed E-state index contributed by atoms with van der Waals surface area (Å²) in [5.74, 6) is 0.665. The second-order valence-corrected chi connectivity index (χ2v) is 7.51. The second kappa shape index (κ2) is 8.57. The number of benzene rings is 2. The van der Waals surface area contributed by atoms with E-state index in [-0.39, 0.29) is 5.91 Å². The van der Waals surface area contributed by atoms with Crippen molar-refractivity contribution >= 4 is 5.91 Å². The summed E-state index contributed by atoms with van der Waals surface area (Å²) < 4.78 is 5.87. The molecule has 1 aliphatic carbocycles. The van der Waals surface area contributed by atoms with Crippen LogP contribution in [0, 0.1) is 5.41 Å². The number of nitrogens with one attached hydrogen (secondary N) is 1. The molecule has 4 nitrogen and oxygen atoms in total. The topological polar surface area (TPSA) is 64.3 Å². The Labute approximate surface area is 162 Å². The molecule has 3 N–H and O–H groups in total. The summed E-state index contributed by atoms with van der Waals surface area (Å²) in [5, 5.41) is 3.33. The third-order valence-corrected chi connectivity index (χ3v) is 5.87. The average Bonchev–Trinajstić information content (AvgIpc) is 2.70. The maximum atomic E-state index is 12.5. The summed E-state index contributed by atoms with van der Waals surface area (Å²) in [5.41, 5.74) is 8.79. The van der Waals surface area contributed by atoms with E-state index in [1.54, 1.807) is 0 Å². The molecule has 1 fully saturated rings. The van der Waals surface area contributed by atoms with Gasteiger partial charge in [-0.1, -0.05) is 36.4 Å². The van der Waals surface area contributed by atoms with Crippen molar-refractivity contribution in [2.45, 2.75) is 45.1 Å². The minimum absolute atomic E-state index is 0.190. The smallest absolute Gasteiger partial charge is 0.223 e. The number of carbonyl (C=O) groups excluding carboxylic acids is 1. The number of nitrogens with two attached hydrogens (primary N) is 1. The molecule has 2 aromatic rings. The van der Waals surface area contributed by atoms with Crippen LogP contribution in [0.15, 0.2) is 48.5 Å². The molecular formula is C23H30N2O2. The molecule has 3 rings (SSSR count). The minimum Gasteiger partial charge on any atom is -0.494 e. The number of primary amides is 1. The Bertz CT molecular complexity index is 765. The van der Waals surface area contributed by atoms with Crippen molar-refractivity contribution in [3.05, 3.63) is 54.1 Å². The summed E-state index contributed by atoms with van der Waals surface area (Å²) in [6, 6.07) is 17.0. The Morgan fingerprint density at radius 1 is 1.15 bits per heavy atom. The first kappa shape index (κ1) is 19.4. The maximum Gasteiger partial charge on any atom is 0.223 e. The number of carbonyl (C=O) groups is 1. The van der Waals surface area contributed by atoms with E-state index in [1.165, 1.54) is 0 Å². The van der Waals surface area contributed by atoms with E-state index in [0.29, 0.717) is 19.1 Å². The lowest BCUT2D eigenvalue weighted by molar-refractivity contribution is -0.129. The van der Waals surface area contributed by atoms with Gasteiger partial charge in [0.1, 0.15) is 5.75 Å². The van der Waals surface area contributed by atoms with Crippen LogP contribution in [0.1, 0.15) is 38.2 Å². The molecule has 27 heavy (non-hydrogen) atoms. The third kappa shape index (κ3) is 4.33. The largest absolute Gasteiger partial charge is 0.494 e. The first-order valence-corrected chi connectivity index (χ1v) is 9.86. The van der Waals surface area contributed by atoms with E-state index in [4.69, 9.17) is 10.5 Å². The van der Waals surface area contributed by atoms with Crippen LogP contribution >= 0.6 is 0 Å². The Balaban J connectivity index is 1.94. The fourth-order valence-electron chi connectivity index (χ4n) is 4.16. The maximum absolute atomic E-state index is 12.5. The highest BCUT2D eigenvalue weighted by Crippen LogP contribution is 2.41. The molecule has 1 saturated carbocycles. The number of amides is 1. The minimum atomic E-state index is -0.492. The molecule has 0 bridgehead atoms.